The Kier molecular flexibility index (Phi) is 4.55. The van der Waals surface area contributed by atoms with E-state index in [1.165, 1.54) is 43.4 Å². The van der Waals surface area contributed by atoms with Crippen LogP contribution in [0.5, 0.6) is 0 Å². The molecule has 0 saturated heterocycles. The van der Waals surface area contributed by atoms with Crippen LogP contribution in [0, 0.1) is 12.8 Å². The van der Waals surface area contributed by atoms with Gasteiger partial charge in [-0.25, -0.2) is 0 Å². The summed E-state index contributed by atoms with van der Waals surface area (Å²) in [7, 11) is 0. The van der Waals surface area contributed by atoms with Crippen molar-refractivity contribution in [1.82, 2.24) is 10.3 Å². The first-order valence-corrected chi connectivity index (χ1v) is 6.97. The Morgan fingerprint density at radius 1 is 1.35 bits per heavy atom. The Hall–Kier alpha value is -0.890. The van der Waals surface area contributed by atoms with Crippen molar-refractivity contribution in [3.8, 4) is 0 Å². The molecule has 94 valence electrons. The van der Waals surface area contributed by atoms with Crippen molar-refractivity contribution in [2.45, 2.75) is 52.0 Å². The predicted octanol–water partition coefficient (Wildman–Crippen LogP) is 3.62. The lowest BCUT2D eigenvalue weighted by atomic mass is 9.81. The zero-order valence-electron chi connectivity index (χ0n) is 11.1. The third-order valence-electron chi connectivity index (χ3n) is 3.89. The third kappa shape index (κ3) is 3.06. The van der Waals surface area contributed by atoms with Gasteiger partial charge in [-0.1, -0.05) is 32.3 Å². The quantitative estimate of drug-likeness (QED) is 0.857. The van der Waals surface area contributed by atoms with Gasteiger partial charge >= 0.3 is 0 Å². The zero-order chi connectivity index (χ0) is 12.1. The van der Waals surface area contributed by atoms with E-state index in [-0.39, 0.29) is 0 Å². The van der Waals surface area contributed by atoms with Crippen molar-refractivity contribution in [3.05, 3.63) is 29.6 Å². The SMILES string of the molecule is CCNC(c1ncccc1C)C1CCCCC1. The van der Waals surface area contributed by atoms with Crippen LogP contribution in [0.25, 0.3) is 0 Å². The van der Waals surface area contributed by atoms with Gasteiger partial charge in [-0.2, -0.15) is 0 Å². The molecule has 17 heavy (non-hydrogen) atoms. The van der Waals surface area contributed by atoms with Crippen molar-refractivity contribution >= 4 is 0 Å². The van der Waals surface area contributed by atoms with Gasteiger partial charge in [0.05, 0.1) is 11.7 Å². The molecule has 2 nitrogen and oxygen atoms in total. The van der Waals surface area contributed by atoms with Crippen molar-refractivity contribution in [1.29, 1.82) is 0 Å². The minimum atomic E-state index is 0.460. The molecule has 0 radical (unpaired) electrons. The first-order valence-electron chi connectivity index (χ1n) is 6.97. The second-order valence-electron chi connectivity index (χ2n) is 5.14. The van der Waals surface area contributed by atoms with Crippen molar-refractivity contribution in [2.24, 2.45) is 5.92 Å². The number of nitrogens with one attached hydrogen (secondary N) is 1. The highest BCUT2D eigenvalue weighted by molar-refractivity contribution is 5.21. The zero-order valence-corrected chi connectivity index (χ0v) is 11.1. The number of pyridine rings is 1. The molecule has 1 aliphatic carbocycles. The summed E-state index contributed by atoms with van der Waals surface area (Å²) in [5, 5.41) is 3.65. The van der Waals surface area contributed by atoms with Crippen LogP contribution in [0.2, 0.25) is 0 Å². The smallest absolute Gasteiger partial charge is 0.0605 e. The fraction of sp³-hybridized carbons (Fsp3) is 0.667. The molecule has 1 aliphatic rings. The van der Waals surface area contributed by atoms with E-state index in [2.05, 4.69) is 30.2 Å². The summed E-state index contributed by atoms with van der Waals surface area (Å²) in [6, 6.07) is 4.67. The van der Waals surface area contributed by atoms with Crippen LogP contribution >= 0.6 is 0 Å². The Balaban J connectivity index is 2.18. The van der Waals surface area contributed by atoms with Gasteiger partial charge in [0, 0.05) is 6.20 Å². The second-order valence-corrected chi connectivity index (χ2v) is 5.14. The van der Waals surface area contributed by atoms with E-state index in [4.69, 9.17) is 0 Å². The Morgan fingerprint density at radius 2 is 2.12 bits per heavy atom. The van der Waals surface area contributed by atoms with E-state index >= 15 is 0 Å². The molecule has 0 bridgehead atoms. The van der Waals surface area contributed by atoms with Crippen LogP contribution in [-0.2, 0) is 0 Å². The van der Waals surface area contributed by atoms with E-state index in [1.54, 1.807) is 0 Å². The van der Waals surface area contributed by atoms with Gasteiger partial charge in [0.1, 0.15) is 0 Å². The fourth-order valence-corrected chi connectivity index (χ4v) is 3.00. The summed E-state index contributed by atoms with van der Waals surface area (Å²) in [5.41, 5.74) is 2.59. The molecule has 2 heteroatoms. The summed E-state index contributed by atoms with van der Waals surface area (Å²) in [5.74, 6) is 0.775. The van der Waals surface area contributed by atoms with Gasteiger partial charge in [0.15, 0.2) is 0 Å². The lowest BCUT2D eigenvalue weighted by Crippen LogP contribution is -2.30. The van der Waals surface area contributed by atoms with Gasteiger partial charge < -0.3 is 5.32 Å². The summed E-state index contributed by atoms with van der Waals surface area (Å²) in [6.07, 6.45) is 8.82. The van der Waals surface area contributed by atoms with Crippen molar-refractivity contribution < 1.29 is 0 Å². The molecule has 0 aromatic carbocycles. The van der Waals surface area contributed by atoms with Gasteiger partial charge in [-0.3, -0.25) is 4.98 Å². The highest BCUT2D eigenvalue weighted by atomic mass is 14.9. The van der Waals surface area contributed by atoms with Crippen molar-refractivity contribution in [2.75, 3.05) is 6.54 Å². The first-order chi connectivity index (χ1) is 8.33. The Morgan fingerprint density at radius 3 is 2.76 bits per heavy atom. The summed E-state index contributed by atoms with van der Waals surface area (Å²) >= 11 is 0. The van der Waals surface area contributed by atoms with Crippen LogP contribution in [-0.4, -0.2) is 11.5 Å². The van der Waals surface area contributed by atoms with Crippen LogP contribution in [0.15, 0.2) is 18.3 Å². The van der Waals surface area contributed by atoms with E-state index in [0.29, 0.717) is 6.04 Å². The lowest BCUT2D eigenvalue weighted by molar-refractivity contribution is 0.270. The number of hydrogen-bond donors (Lipinski definition) is 1. The first kappa shape index (κ1) is 12.6. The van der Waals surface area contributed by atoms with Crippen LogP contribution in [0.3, 0.4) is 0 Å². The van der Waals surface area contributed by atoms with E-state index in [1.807, 2.05) is 12.3 Å². The lowest BCUT2D eigenvalue weighted by Gasteiger charge is -2.31. The molecule has 1 heterocycles. The molecule has 2 rings (SSSR count). The topological polar surface area (TPSA) is 24.9 Å². The molecule has 1 N–H and O–H groups in total. The number of aryl methyl sites for hydroxylation is 1. The molecule has 1 fully saturated rings. The third-order valence-corrected chi connectivity index (χ3v) is 3.89. The van der Waals surface area contributed by atoms with E-state index in [9.17, 15) is 0 Å². The van der Waals surface area contributed by atoms with Crippen molar-refractivity contribution in [3.63, 3.8) is 0 Å². The normalized spacial score (nSPS) is 19.2. The molecular weight excluding hydrogens is 208 g/mol. The molecule has 1 aromatic rings. The van der Waals surface area contributed by atoms with E-state index < -0.39 is 0 Å². The largest absolute Gasteiger partial charge is 0.309 e. The fourth-order valence-electron chi connectivity index (χ4n) is 3.00. The number of rotatable bonds is 4. The summed E-state index contributed by atoms with van der Waals surface area (Å²) in [4.78, 5) is 4.61. The van der Waals surface area contributed by atoms with Gasteiger partial charge in [-0.05, 0) is 43.9 Å². The molecule has 0 spiro atoms. The predicted molar refractivity (Wildman–Crippen MR) is 72.0 cm³/mol. The van der Waals surface area contributed by atoms with Crippen LogP contribution in [0.1, 0.15) is 56.3 Å². The molecule has 0 amide bonds. The maximum Gasteiger partial charge on any atom is 0.0605 e. The molecule has 1 aromatic heterocycles. The maximum absolute atomic E-state index is 4.61. The van der Waals surface area contributed by atoms with Gasteiger partial charge in [0.2, 0.25) is 0 Å². The highest BCUT2D eigenvalue weighted by Gasteiger charge is 2.26. The molecule has 1 unspecified atom stereocenters. The summed E-state index contributed by atoms with van der Waals surface area (Å²) in [6.45, 7) is 5.39. The average Bonchev–Trinajstić information content (AvgIpc) is 2.38. The van der Waals surface area contributed by atoms with Crippen LogP contribution in [0.4, 0.5) is 0 Å². The maximum atomic E-state index is 4.61. The monoisotopic (exact) mass is 232 g/mol. The number of aromatic nitrogens is 1. The molecule has 1 saturated carbocycles. The van der Waals surface area contributed by atoms with Crippen LogP contribution < -0.4 is 5.32 Å². The second kappa shape index (κ2) is 6.15. The minimum Gasteiger partial charge on any atom is -0.309 e. The Bertz CT molecular complexity index is 343. The average molecular weight is 232 g/mol. The molecule has 0 aliphatic heterocycles. The summed E-state index contributed by atoms with van der Waals surface area (Å²) < 4.78 is 0. The van der Waals surface area contributed by atoms with Gasteiger partial charge in [-0.15, -0.1) is 0 Å². The number of nitrogens with zero attached hydrogens (tertiary/aromatic N) is 1. The number of hydrogen-bond acceptors (Lipinski definition) is 2. The highest BCUT2D eigenvalue weighted by Crippen LogP contribution is 2.34. The molecule has 1 atom stereocenters. The van der Waals surface area contributed by atoms with E-state index in [0.717, 1.165) is 12.5 Å². The van der Waals surface area contributed by atoms with Gasteiger partial charge in [0.25, 0.3) is 0 Å². The minimum absolute atomic E-state index is 0.460. The molecular formula is C15H24N2. The standard InChI is InChI=1S/C15H24N2/c1-3-16-15(13-9-5-4-6-10-13)14-12(2)8-7-11-17-14/h7-8,11,13,15-16H,3-6,9-10H2,1-2H3. The Labute approximate surface area is 105 Å².